The van der Waals surface area contributed by atoms with Crippen LogP contribution in [0.2, 0.25) is 0 Å². The Bertz CT molecular complexity index is 1230. The quantitative estimate of drug-likeness (QED) is 0.469. The molecule has 2 heterocycles. The Hall–Kier alpha value is -3.53. The van der Waals surface area contributed by atoms with Gasteiger partial charge in [-0.15, -0.1) is 10.2 Å². The number of amides is 2. The summed E-state index contributed by atoms with van der Waals surface area (Å²) in [7, 11) is 0. The first-order chi connectivity index (χ1) is 16.3. The van der Waals surface area contributed by atoms with Crippen molar-refractivity contribution < 1.29 is 19.1 Å². The van der Waals surface area contributed by atoms with Gasteiger partial charge in [0.25, 0.3) is 0 Å². The van der Waals surface area contributed by atoms with Crippen molar-refractivity contribution in [3.63, 3.8) is 0 Å². The van der Waals surface area contributed by atoms with Gasteiger partial charge in [-0.05, 0) is 63.1 Å². The van der Waals surface area contributed by atoms with Gasteiger partial charge in [0, 0.05) is 24.0 Å². The molecular weight excluding hydrogens is 454 g/mol. The minimum atomic E-state index is -0.433. The van der Waals surface area contributed by atoms with Crippen molar-refractivity contribution in [3.05, 3.63) is 53.3 Å². The zero-order chi connectivity index (χ0) is 24.2. The first-order valence-electron chi connectivity index (χ1n) is 11.0. The highest BCUT2D eigenvalue weighted by atomic mass is 32.2. The smallest absolute Gasteiger partial charge is 0.237 e. The molecule has 0 bridgehead atoms. The standard InChI is InChI=1S/C24H27N5O4S/c1-5-29-21(12-22(30)25-17-7-6-14(2)15(3)10-17)27-28-24(29)34-16(4)23(31)26-18-8-9-19-20(11-18)33-13-32-19/h6-11,16H,5,12-13H2,1-4H3,(H,25,30)(H,26,31)/t16-/m1/s1. The molecule has 178 valence electrons. The summed E-state index contributed by atoms with van der Waals surface area (Å²) in [6, 6.07) is 11.1. The average molecular weight is 482 g/mol. The SMILES string of the molecule is CCn1c(CC(=O)Nc2ccc(C)c(C)c2)nnc1S[C@H](C)C(=O)Nc1ccc2c(c1)OCO2. The Kier molecular flexibility index (Phi) is 7.06. The van der Waals surface area contributed by atoms with Gasteiger partial charge in [-0.1, -0.05) is 17.8 Å². The number of carbonyl (C=O) groups is 2. The Morgan fingerprint density at radius 2 is 1.76 bits per heavy atom. The Labute approximate surface area is 202 Å². The van der Waals surface area contributed by atoms with Gasteiger partial charge < -0.3 is 24.7 Å². The lowest BCUT2D eigenvalue weighted by Gasteiger charge is -2.13. The molecule has 1 atom stereocenters. The minimum absolute atomic E-state index is 0.0894. The summed E-state index contributed by atoms with van der Waals surface area (Å²) in [6.45, 7) is 8.55. The lowest BCUT2D eigenvalue weighted by atomic mass is 10.1. The molecule has 1 aliphatic rings. The minimum Gasteiger partial charge on any atom is -0.454 e. The highest BCUT2D eigenvalue weighted by molar-refractivity contribution is 8.00. The number of aryl methyl sites for hydroxylation is 2. The summed E-state index contributed by atoms with van der Waals surface area (Å²) < 4.78 is 12.5. The monoisotopic (exact) mass is 481 g/mol. The van der Waals surface area contributed by atoms with Crippen LogP contribution in [-0.2, 0) is 22.6 Å². The van der Waals surface area contributed by atoms with Crippen LogP contribution in [0.5, 0.6) is 11.5 Å². The van der Waals surface area contributed by atoms with Crippen LogP contribution in [0.4, 0.5) is 11.4 Å². The molecule has 0 unspecified atom stereocenters. The van der Waals surface area contributed by atoms with Crippen LogP contribution in [0, 0.1) is 13.8 Å². The first-order valence-corrected chi connectivity index (χ1v) is 11.9. The van der Waals surface area contributed by atoms with E-state index >= 15 is 0 Å². The largest absolute Gasteiger partial charge is 0.454 e. The molecule has 2 amide bonds. The Balaban J connectivity index is 1.37. The van der Waals surface area contributed by atoms with Crippen LogP contribution in [0.3, 0.4) is 0 Å². The number of hydrogen-bond donors (Lipinski definition) is 2. The zero-order valence-electron chi connectivity index (χ0n) is 19.5. The lowest BCUT2D eigenvalue weighted by Crippen LogP contribution is -2.23. The van der Waals surface area contributed by atoms with Gasteiger partial charge >= 0.3 is 0 Å². The highest BCUT2D eigenvalue weighted by Gasteiger charge is 2.22. The summed E-state index contributed by atoms with van der Waals surface area (Å²) in [5.74, 6) is 1.46. The van der Waals surface area contributed by atoms with Crippen LogP contribution in [0.15, 0.2) is 41.6 Å². The van der Waals surface area contributed by atoms with Gasteiger partial charge in [-0.2, -0.15) is 0 Å². The van der Waals surface area contributed by atoms with Crippen molar-refractivity contribution in [1.29, 1.82) is 0 Å². The van der Waals surface area contributed by atoms with Crippen molar-refractivity contribution in [1.82, 2.24) is 14.8 Å². The van der Waals surface area contributed by atoms with Crippen molar-refractivity contribution in [2.24, 2.45) is 0 Å². The average Bonchev–Trinajstić information content (AvgIpc) is 3.42. The van der Waals surface area contributed by atoms with Gasteiger partial charge in [0.2, 0.25) is 18.6 Å². The third-order valence-corrected chi connectivity index (χ3v) is 6.59. The summed E-state index contributed by atoms with van der Waals surface area (Å²) in [5, 5.41) is 14.4. The van der Waals surface area contributed by atoms with Crippen LogP contribution in [0.1, 0.15) is 30.8 Å². The van der Waals surface area contributed by atoms with Gasteiger partial charge in [0.1, 0.15) is 5.82 Å². The summed E-state index contributed by atoms with van der Waals surface area (Å²) in [6.07, 6.45) is 0.0894. The van der Waals surface area contributed by atoms with Gasteiger partial charge in [0.15, 0.2) is 16.7 Å². The molecule has 0 fully saturated rings. The fourth-order valence-electron chi connectivity index (χ4n) is 3.45. The van der Waals surface area contributed by atoms with Crippen molar-refractivity contribution in [3.8, 4) is 11.5 Å². The summed E-state index contributed by atoms with van der Waals surface area (Å²) in [4.78, 5) is 25.3. The van der Waals surface area contributed by atoms with E-state index in [1.165, 1.54) is 17.3 Å². The number of carbonyl (C=O) groups excluding carboxylic acids is 2. The lowest BCUT2D eigenvalue weighted by molar-refractivity contribution is -0.116. The summed E-state index contributed by atoms with van der Waals surface area (Å²) in [5.41, 5.74) is 3.66. The zero-order valence-corrected chi connectivity index (χ0v) is 20.4. The molecule has 2 N–H and O–H groups in total. The molecule has 3 aromatic rings. The van der Waals surface area contributed by atoms with E-state index < -0.39 is 5.25 Å². The van der Waals surface area contributed by atoms with E-state index in [1.807, 2.05) is 43.5 Å². The number of hydrogen-bond acceptors (Lipinski definition) is 7. The molecule has 0 saturated carbocycles. The number of anilines is 2. The number of thioether (sulfide) groups is 1. The molecule has 1 aliphatic heterocycles. The number of fused-ring (bicyclic) bond motifs is 1. The van der Waals surface area contributed by atoms with Crippen LogP contribution in [-0.4, -0.2) is 38.6 Å². The van der Waals surface area contributed by atoms with E-state index in [0.29, 0.717) is 34.7 Å². The third-order valence-electron chi connectivity index (χ3n) is 5.51. The molecule has 0 aliphatic carbocycles. The van der Waals surface area contributed by atoms with Crippen molar-refractivity contribution in [2.45, 2.75) is 51.1 Å². The normalized spacial score (nSPS) is 12.9. The van der Waals surface area contributed by atoms with Crippen LogP contribution < -0.4 is 20.1 Å². The number of rotatable bonds is 8. The number of nitrogens with one attached hydrogen (secondary N) is 2. The first kappa shape index (κ1) is 23.6. The number of benzene rings is 2. The highest BCUT2D eigenvalue weighted by Crippen LogP contribution is 2.34. The molecular formula is C24H27N5O4S. The molecule has 0 radical (unpaired) electrons. The fraction of sp³-hybridized carbons (Fsp3) is 0.333. The predicted molar refractivity (Wildman–Crippen MR) is 130 cm³/mol. The molecule has 1 aromatic heterocycles. The molecule has 0 spiro atoms. The van der Waals surface area contributed by atoms with E-state index in [0.717, 1.165) is 11.3 Å². The summed E-state index contributed by atoms with van der Waals surface area (Å²) >= 11 is 1.29. The molecule has 2 aromatic carbocycles. The maximum absolute atomic E-state index is 12.7. The second kappa shape index (κ2) is 10.2. The molecule has 0 saturated heterocycles. The number of nitrogens with zero attached hydrogens (tertiary/aromatic N) is 3. The second-order valence-electron chi connectivity index (χ2n) is 7.98. The predicted octanol–water partition coefficient (Wildman–Crippen LogP) is 3.94. The van der Waals surface area contributed by atoms with E-state index in [2.05, 4.69) is 20.8 Å². The van der Waals surface area contributed by atoms with Crippen molar-refractivity contribution in [2.75, 3.05) is 17.4 Å². The van der Waals surface area contributed by atoms with Crippen molar-refractivity contribution >= 4 is 35.0 Å². The topological polar surface area (TPSA) is 107 Å². The maximum atomic E-state index is 12.7. The van der Waals surface area contributed by atoms with Crippen LogP contribution >= 0.6 is 11.8 Å². The Morgan fingerprint density at radius 1 is 1.03 bits per heavy atom. The van der Waals surface area contributed by atoms with Gasteiger partial charge in [-0.25, -0.2) is 0 Å². The fourth-order valence-corrected chi connectivity index (χ4v) is 4.38. The number of ether oxygens (including phenoxy) is 2. The number of aromatic nitrogens is 3. The molecule has 4 rings (SSSR count). The van der Waals surface area contributed by atoms with Crippen LogP contribution in [0.25, 0.3) is 0 Å². The van der Waals surface area contributed by atoms with E-state index in [4.69, 9.17) is 9.47 Å². The van der Waals surface area contributed by atoms with E-state index in [1.54, 1.807) is 25.1 Å². The van der Waals surface area contributed by atoms with E-state index in [9.17, 15) is 9.59 Å². The molecule has 34 heavy (non-hydrogen) atoms. The third kappa shape index (κ3) is 5.33. The van der Waals surface area contributed by atoms with Gasteiger partial charge in [-0.3, -0.25) is 9.59 Å². The molecule has 10 heteroatoms. The van der Waals surface area contributed by atoms with E-state index in [-0.39, 0.29) is 25.0 Å². The van der Waals surface area contributed by atoms with Gasteiger partial charge in [0.05, 0.1) is 11.7 Å². The molecule has 9 nitrogen and oxygen atoms in total. The Morgan fingerprint density at radius 3 is 2.53 bits per heavy atom. The second-order valence-corrected chi connectivity index (χ2v) is 9.29. The maximum Gasteiger partial charge on any atom is 0.237 e.